The van der Waals surface area contributed by atoms with Gasteiger partial charge in [0.1, 0.15) is 17.1 Å². The molecule has 0 saturated carbocycles. The summed E-state index contributed by atoms with van der Waals surface area (Å²) in [7, 11) is 0. The summed E-state index contributed by atoms with van der Waals surface area (Å²) in [5.41, 5.74) is 1.36. The van der Waals surface area contributed by atoms with Gasteiger partial charge in [-0.1, -0.05) is 64.2 Å². The van der Waals surface area contributed by atoms with Gasteiger partial charge < -0.3 is 14.9 Å². The molecule has 0 radical (unpaired) electrons. The molecule has 5 heteroatoms. The van der Waals surface area contributed by atoms with Crippen molar-refractivity contribution < 1.29 is 24.5 Å². The monoisotopic (exact) mass is 492 g/mol. The molecular formula is C31H40O5. The number of phenols is 1. The van der Waals surface area contributed by atoms with Gasteiger partial charge in [0.2, 0.25) is 5.78 Å². The average Bonchev–Trinajstić information content (AvgIpc) is 2.82. The van der Waals surface area contributed by atoms with E-state index in [9.17, 15) is 19.8 Å². The Morgan fingerprint density at radius 3 is 1.97 bits per heavy atom. The van der Waals surface area contributed by atoms with Crippen LogP contribution in [0.2, 0.25) is 0 Å². The molecule has 2 N–H and O–H groups in total. The standard InChI is InChI=1S/C31H40O5/c1-31(2)18-17-23-24(32)19-21-15-13-11-9-7-5-3-4-6-8-10-12-14-16-22-20-25(33)27(29(35)28(22)34)26(21)30(23)36-31/h17-20,32,35H,3-16H2,1-2H3. The molecule has 0 aromatic heterocycles. The normalized spacial score (nSPS) is 21.9. The average molecular weight is 493 g/mol. The highest BCUT2D eigenvalue weighted by Gasteiger charge is 2.36. The van der Waals surface area contributed by atoms with Gasteiger partial charge in [0.25, 0.3) is 0 Å². The number of allylic oxidation sites excluding steroid dienone is 3. The van der Waals surface area contributed by atoms with E-state index in [1.807, 2.05) is 19.9 Å². The molecule has 5 rings (SSSR count). The molecule has 0 atom stereocenters. The molecule has 0 amide bonds. The second kappa shape index (κ2) is 11.5. The lowest BCUT2D eigenvalue weighted by Crippen LogP contribution is -2.29. The number of ketones is 2. The molecule has 1 heterocycles. The topological polar surface area (TPSA) is 83.8 Å². The van der Waals surface area contributed by atoms with Gasteiger partial charge in [-0.15, -0.1) is 0 Å². The number of aryl methyl sites for hydroxylation is 1. The fraction of sp³-hybridized carbons (Fsp3) is 0.548. The van der Waals surface area contributed by atoms with Gasteiger partial charge in [-0.3, -0.25) is 9.59 Å². The highest BCUT2D eigenvalue weighted by Crippen LogP contribution is 2.46. The molecule has 1 aliphatic heterocycles. The number of Topliss-reactive ketones (excluding diaryl/α,β-unsaturated/α-hetero) is 1. The van der Waals surface area contributed by atoms with Crippen LogP contribution in [-0.4, -0.2) is 27.4 Å². The lowest BCUT2D eigenvalue weighted by atomic mass is 9.83. The Kier molecular flexibility index (Phi) is 8.38. The van der Waals surface area contributed by atoms with E-state index in [2.05, 4.69) is 0 Å². The molecular weight excluding hydrogens is 452 g/mol. The summed E-state index contributed by atoms with van der Waals surface area (Å²) in [5.74, 6) is -0.911. The number of aromatic hydroxyl groups is 1. The number of benzene rings is 1. The van der Waals surface area contributed by atoms with Crippen molar-refractivity contribution in [1.29, 1.82) is 0 Å². The number of aliphatic hydroxyl groups excluding tert-OH is 1. The summed E-state index contributed by atoms with van der Waals surface area (Å²) in [5, 5.41) is 21.9. The minimum atomic E-state index is -0.656. The summed E-state index contributed by atoms with van der Waals surface area (Å²) in [6, 6.07) is 1.67. The van der Waals surface area contributed by atoms with Crippen LogP contribution in [0, 0.1) is 0 Å². The number of rotatable bonds is 0. The van der Waals surface area contributed by atoms with Gasteiger partial charge in [0, 0.05) is 11.1 Å². The smallest absolute Gasteiger partial charge is 0.224 e. The third-order valence-corrected chi connectivity index (χ3v) is 7.58. The van der Waals surface area contributed by atoms with Crippen molar-refractivity contribution >= 4 is 23.2 Å². The zero-order chi connectivity index (χ0) is 25.7. The second-order valence-corrected chi connectivity index (χ2v) is 11.0. The predicted octanol–water partition coefficient (Wildman–Crippen LogP) is 7.55. The van der Waals surface area contributed by atoms with Crippen molar-refractivity contribution in [2.24, 2.45) is 0 Å². The Hall–Kier alpha value is -2.82. The molecule has 1 aromatic carbocycles. The zero-order valence-electron chi connectivity index (χ0n) is 21.8. The molecule has 194 valence electrons. The van der Waals surface area contributed by atoms with E-state index in [4.69, 9.17) is 4.74 Å². The number of phenolic OH excluding ortho intramolecular Hbond substituents is 1. The SMILES string of the molecule is CC1(C)C=Cc2c(O)cc3c(c2O1)C1=C(O)C(=O)C(=CC1=O)CCCCCCCCCCCCCC3. The molecule has 5 nitrogen and oxygen atoms in total. The van der Waals surface area contributed by atoms with Crippen molar-refractivity contribution in [3.63, 3.8) is 0 Å². The minimum absolute atomic E-state index is 0.00416. The molecule has 4 aliphatic rings. The van der Waals surface area contributed by atoms with Gasteiger partial charge in [0.15, 0.2) is 11.5 Å². The predicted molar refractivity (Wildman–Crippen MR) is 143 cm³/mol. The fourth-order valence-electron chi connectivity index (χ4n) is 5.54. The second-order valence-electron chi connectivity index (χ2n) is 11.0. The van der Waals surface area contributed by atoms with Crippen molar-refractivity contribution in [3.8, 4) is 11.5 Å². The molecule has 2 bridgehead atoms. The Bertz CT molecular complexity index is 1100. The van der Waals surface area contributed by atoms with Crippen LogP contribution in [-0.2, 0) is 16.0 Å². The maximum Gasteiger partial charge on any atom is 0.224 e. The van der Waals surface area contributed by atoms with Crippen LogP contribution in [0.4, 0.5) is 0 Å². The Labute approximate surface area is 214 Å². The molecule has 1 aromatic rings. The first-order valence-corrected chi connectivity index (χ1v) is 13.8. The number of aliphatic hydroxyl groups is 1. The van der Waals surface area contributed by atoms with E-state index in [1.54, 1.807) is 12.1 Å². The van der Waals surface area contributed by atoms with Crippen LogP contribution >= 0.6 is 0 Å². The summed E-state index contributed by atoms with van der Waals surface area (Å²) in [6.07, 6.45) is 19.8. The summed E-state index contributed by atoms with van der Waals surface area (Å²) in [6.45, 7) is 3.80. The first-order valence-electron chi connectivity index (χ1n) is 13.8. The van der Waals surface area contributed by atoms with Crippen LogP contribution in [0.5, 0.6) is 11.5 Å². The highest BCUT2D eigenvalue weighted by molar-refractivity contribution is 6.37. The van der Waals surface area contributed by atoms with E-state index in [1.165, 1.54) is 44.6 Å². The lowest BCUT2D eigenvalue weighted by molar-refractivity contribution is -0.116. The van der Waals surface area contributed by atoms with E-state index >= 15 is 0 Å². The number of carbonyl (C=O) groups excluding carboxylic acids is 2. The van der Waals surface area contributed by atoms with E-state index in [0.29, 0.717) is 35.3 Å². The fourth-order valence-corrected chi connectivity index (χ4v) is 5.54. The van der Waals surface area contributed by atoms with E-state index in [-0.39, 0.29) is 17.1 Å². The van der Waals surface area contributed by atoms with Crippen molar-refractivity contribution in [1.82, 2.24) is 0 Å². The van der Waals surface area contributed by atoms with Gasteiger partial charge in [0.05, 0.1) is 11.1 Å². The van der Waals surface area contributed by atoms with Crippen LogP contribution in [0.3, 0.4) is 0 Å². The molecule has 36 heavy (non-hydrogen) atoms. The quantitative estimate of drug-likeness (QED) is 0.365. The number of ether oxygens (including phenoxy) is 1. The third-order valence-electron chi connectivity index (χ3n) is 7.58. The zero-order valence-corrected chi connectivity index (χ0v) is 21.8. The number of hydrogen-bond donors (Lipinski definition) is 2. The van der Waals surface area contributed by atoms with Crippen LogP contribution in [0.15, 0.2) is 29.6 Å². The Morgan fingerprint density at radius 2 is 1.36 bits per heavy atom. The molecule has 0 fully saturated rings. The number of hydrogen-bond acceptors (Lipinski definition) is 5. The Balaban J connectivity index is 1.74. The van der Waals surface area contributed by atoms with Crippen molar-refractivity contribution in [2.75, 3.05) is 0 Å². The van der Waals surface area contributed by atoms with Crippen LogP contribution < -0.4 is 4.74 Å². The first kappa shape index (κ1) is 26.2. The molecule has 0 spiro atoms. The van der Waals surface area contributed by atoms with Gasteiger partial charge in [-0.05, 0) is 69.4 Å². The van der Waals surface area contributed by atoms with E-state index < -0.39 is 17.1 Å². The minimum Gasteiger partial charge on any atom is -0.507 e. The summed E-state index contributed by atoms with van der Waals surface area (Å²) in [4.78, 5) is 26.6. The molecule has 0 saturated heterocycles. The lowest BCUT2D eigenvalue weighted by Gasteiger charge is -2.32. The van der Waals surface area contributed by atoms with Crippen LogP contribution in [0.25, 0.3) is 11.6 Å². The van der Waals surface area contributed by atoms with Crippen molar-refractivity contribution in [2.45, 2.75) is 109 Å². The van der Waals surface area contributed by atoms with Crippen molar-refractivity contribution in [3.05, 3.63) is 46.2 Å². The first-order chi connectivity index (χ1) is 17.3. The van der Waals surface area contributed by atoms with E-state index in [0.717, 1.165) is 44.1 Å². The molecule has 0 unspecified atom stereocenters. The highest BCUT2D eigenvalue weighted by atomic mass is 16.5. The molecule has 3 aliphatic carbocycles. The van der Waals surface area contributed by atoms with Gasteiger partial charge in [-0.2, -0.15) is 0 Å². The third kappa shape index (κ3) is 5.93. The van der Waals surface area contributed by atoms with Gasteiger partial charge >= 0.3 is 0 Å². The Morgan fingerprint density at radius 1 is 0.806 bits per heavy atom. The number of fused-ring (bicyclic) bond motifs is 16. The maximum absolute atomic E-state index is 13.4. The van der Waals surface area contributed by atoms with Crippen LogP contribution in [0.1, 0.15) is 114 Å². The van der Waals surface area contributed by atoms with Gasteiger partial charge in [-0.25, -0.2) is 0 Å². The summed E-state index contributed by atoms with van der Waals surface area (Å²) < 4.78 is 6.27. The number of carbonyl (C=O) groups is 2. The summed E-state index contributed by atoms with van der Waals surface area (Å²) >= 11 is 0. The maximum atomic E-state index is 13.4. The largest absolute Gasteiger partial charge is 0.507 e.